The molecule has 8 nitrogen and oxygen atoms in total. The third kappa shape index (κ3) is 4.42. The molecule has 10 heteroatoms. The zero-order valence-corrected chi connectivity index (χ0v) is 18.9. The van der Waals surface area contributed by atoms with Crippen molar-refractivity contribution in [2.75, 3.05) is 5.32 Å². The summed E-state index contributed by atoms with van der Waals surface area (Å²) in [6.45, 7) is 5.95. The van der Waals surface area contributed by atoms with Gasteiger partial charge in [-0.2, -0.15) is 9.47 Å². The first kappa shape index (κ1) is 21.0. The molecule has 0 spiro atoms. The van der Waals surface area contributed by atoms with E-state index in [0.29, 0.717) is 17.3 Å². The summed E-state index contributed by atoms with van der Waals surface area (Å²) in [5.41, 5.74) is 5.20. The highest BCUT2D eigenvalue weighted by Crippen LogP contribution is 2.28. The van der Waals surface area contributed by atoms with Gasteiger partial charge in [0.2, 0.25) is 0 Å². The Morgan fingerprint density at radius 2 is 2.10 bits per heavy atom. The zero-order chi connectivity index (χ0) is 21.8. The molecule has 5 heterocycles. The molecule has 0 aliphatic carbocycles. The Bertz CT molecular complexity index is 1290. The van der Waals surface area contributed by atoms with Crippen LogP contribution < -0.4 is 5.32 Å². The molecule has 0 saturated heterocycles. The van der Waals surface area contributed by atoms with E-state index in [1.165, 1.54) is 11.5 Å². The summed E-state index contributed by atoms with van der Waals surface area (Å²) in [6.07, 6.45) is 9.68. The van der Waals surface area contributed by atoms with E-state index < -0.39 is 0 Å². The van der Waals surface area contributed by atoms with Crippen LogP contribution in [-0.2, 0) is 6.42 Å². The standard InChI is InChI=1S/C19H15ClN8S.C2H6/c1-11-10-28-16(12-7-23-24-8-12)9-22-19(28)18(25-11)26-17-6-13(27-29-17)5-15-14(20)3-2-4-21-15;1-2/h2-4,6-10H,5H2,1H3,(H,23,24)(H,25,26);1-2H3. The lowest BCUT2D eigenvalue weighted by atomic mass is 10.2. The van der Waals surface area contributed by atoms with Crippen LogP contribution in [0.15, 0.2) is 49.2 Å². The largest absolute Gasteiger partial charge is 0.328 e. The molecule has 0 fully saturated rings. The Morgan fingerprint density at radius 3 is 2.87 bits per heavy atom. The number of nitrogens with zero attached hydrogens (tertiary/aromatic N) is 6. The average Bonchev–Trinajstić information content (AvgIpc) is 3.52. The second-order valence-corrected chi connectivity index (χ2v) is 7.68. The van der Waals surface area contributed by atoms with Crippen molar-refractivity contribution in [1.29, 1.82) is 0 Å². The molecular formula is C21H21ClN8S. The molecule has 158 valence electrons. The monoisotopic (exact) mass is 452 g/mol. The number of aromatic nitrogens is 7. The van der Waals surface area contributed by atoms with Crippen LogP contribution in [-0.4, -0.2) is 33.9 Å². The van der Waals surface area contributed by atoms with Crippen molar-refractivity contribution in [1.82, 2.24) is 33.9 Å². The van der Waals surface area contributed by atoms with Crippen LogP contribution in [0.1, 0.15) is 30.9 Å². The molecule has 0 bridgehead atoms. The highest BCUT2D eigenvalue weighted by atomic mass is 35.5. The van der Waals surface area contributed by atoms with E-state index in [9.17, 15) is 0 Å². The minimum atomic E-state index is 0.572. The lowest BCUT2D eigenvalue weighted by Crippen LogP contribution is -2.00. The lowest BCUT2D eigenvalue weighted by Gasteiger charge is -2.07. The Labute approximate surface area is 188 Å². The van der Waals surface area contributed by atoms with E-state index in [1.54, 1.807) is 12.4 Å². The van der Waals surface area contributed by atoms with Gasteiger partial charge in [-0.3, -0.25) is 14.5 Å². The maximum atomic E-state index is 6.21. The molecule has 0 unspecified atom stereocenters. The Hall–Kier alpha value is -3.30. The molecule has 0 atom stereocenters. The van der Waals surface area contributed by atoms with Crippen molar-refractivity contribution >= 4 is 39.6 Å². The van der Waals surface area contributed by atoms with Crippen molar-refractivity contribution in [2.24, 2.45) is 0 Å². The summed E-state index contributed by atoms with van der Waals surface area (Å²) >= 11 is 7.57. The minimum absolute atomic E-state index is 0.572. The number of hydrogen-bond acceptors (Lipinski definition) is 7. The number of hydrogen-bond donors (Lipinski definition) is 2. The van der Waals surface area contributed by atoms with Crippen molar-refractivity contribution in [3.05, 3.63) is 71.3 Å². The number of anilines is 2. The van der Waals surface area contributed by atoms with Gasteiger partial charge in [-0.1, -0.05) is 25.4 Å². The molecule has 5 rings (SSSR count). The smallest absolute Gasteiger partial charge is 0.180 e. The van der Waals surface area contributed by atoms with Crippen molar-refractivity contribution < 1.29 is 0 Å². The number of imidazole rings is 1. The number of fused-ring (bicyclic) bond motifs is 1. The van der Waals surface area contributed by atoms with E-state index in [1.807, 2.05) is 62.0 Å². The summed E-state index contributed by atoms with van der Waals surface area (Å²) in [6, 6.07) is 5.63. The number of halogens is 1. The fourth-order valence-corrected chi connectivity index (χ4v) is 3.94. The molecular weight excluding hydrogens is 432 g/mol. The summed E-state index contributed by atoms with van der Waals surface area (Å²) in [4.78, 5) is 13.5. The van der Waals surface area contributed by atoms with Crippen LogP contribution in [0, 0.1) is 6.92 Å². The number of aromatic amines is 1. The maximum absolute atomic E-state index is 6.21. The van der Waals surface area contributed by atoms with Crippen LogP contribution in [0.3, 0.4) is 0 Å². The van der Waals surface area contributed by atoms with Crippen molar-refractivity contribution in [2.45, 2.75) is 27.2 Å². The minimum Gasteiger partial charge on any atom is -0.328 e. The molecule has 2 N–H and O–H groups in total. The molecule has 5 aromatic heterocycles. The number of rotatable bonds is 5. The number of pyridine rings is 1. The summed E-state index contributed by atoms with van der Waals surface area (Å²) in [5.74, 6) is 0.672. The van der Waals surface area contributed by atoms with Gasteiger partial charge in [0.1, 0.15) is 5.00 Å². The highest BCUT2D eigenvalue weighted by molar-refractivity contribution is 7.10. The third-order valence-electron chi connectivity index (χ3n) is 4.39. The summed E-state index contributed by atoms with van der Waals surface area (Å²) in [7, 11) is 0. The number of aryl methyl sites for hydroxylation is 1. The molecule has 0 aliphatic heterocycles. The van der Waals surface area contributed by atoms with Gasteiger partial charge in [0.05, 0.1) is 40.2 Å². The van der Waals surface area contributed by atoms with Crippen molar-refractivity contribution in [3.8, 4) is 11.3 Å². The van der Waals surface area contributed by atoms with Gasteiger partial charge in [0.15, 0.2) is 11.5 Å². The summed E-state index contributed by atoms with van der Waals surface area (Å²) < 4.78 is 6.52. The van der Waals surface area contributed by atoms with Crippen LogP contribution in [0.25, 0.3) is 16.9 Å². The number of H-pyrrole nitrogens is 1. The molecule has 0 amide bonds. The van der Waals surface area contributed by atoms with Gasteiger partial charge in [-0.25, -0.2) is 9.97 Å². The van der Waals surface area contributed by atoms with Crippen LogP contribution >= 0.6 is 23.1 Å². The predicted molar refractivity (Wildman–Crippen MR) is 124 cm³/mol. The average molecular weight is 453 g/mol. The lowest BCUT2D eigenvalue weighted by molar-refractivity contribution is 1.04. The quantitative estimate of drug-likeness (QED) is 0.376. The summed E-state index contributed by atoms with van der Waals surface area (Å²) in [5, 5.41) is 11.7. The van der Waals surface area contributed by atoms with E-state index >= 15 is 0 Å². The predicted octanol–water partition coefficient (Wildman–Crippen LogP) is 5.29. The molecule has 5 aromatic rings. The first-order valence-electron chi connectivity index (χ1n) is 9.83. The first-order chi connectivity index (χ1) is 15.2. The Morgan fingerprint density at radius 1 is 1.23 bits per heavy atom. The third-order valence-corrected chi connectivity index (χ3v) is 5.48. The van der Waals surface area contributed by atoms with Gasteiger partial charge in [-0.15, -0.1) is 0 Å². The van der Waals surface area contributed by atoms with Gasteiger partial charge in [0, 0.05) is 30.6 Å². The second-order valence-electron chi connectivity index (χ2n) is 6.47. The zero-order valence-electron chi connectivity index (χ0n) is 17.3. The van der Waals surface area contributed by atoms with Gasteiger partial charge in [0.25, 0.3) is 0 Å². The second kappa shape index (κ2) is 9.23. The topological polar surface area (TPSA) is 96.7 Å². The van der Waals surface area contributed by atoms with E-state index in [0.717, 1.165) is 39.0 Å². The van der Waals surface area contributed by atoms with E-state index in [4.69, 9.17) is 11.6 Å². The highest BCUT2D eigenvalue weighted by Gasteiger charge is 2.14. The maximum Gasteiger partial charge on any atom is 0.180 e. The van der Waals surface area contributed by atoms with Gasteiger partial charge >= 0.3 is 0 Å². The first-order valence-corrected chi connectivity index (χ1v) is 11.0. The van der Waals surface area contributed by atoms with Crippen LogP contribution in [0.4, 0.5) is 10.8 Å². The SMILES string of the molecule is CC.Cc1cn2c(-c3cn[nH]c3)cnc2c(Nc2cc(Cc3ncccc3Cl)ns2)n1. The van der Waals surface area contributed by atoms with E-state index in [2.05, 4.69) is 34.8 Å². The Balaban J connectivity index is 0.00000112. The van der Waals surface area contributed by atoms with E-state index in [-0.39, 0.29) is 0 Å². The fraction of sp³-hybridized carbons (Fsp3) is 0.190. The molecule has 0 saturated carbocycles. The van der Waals surface area contributed by atoms with Crippen molar-refractivity contribution in [3.63, 3.8) is 0 Å². The van der Waals surface area contributed by atoms with Gasteiger partial charge in [-0.05, 0) is 36.7 Å². The number of nitrogens with one attached hydrogen (secondary N) is 2. The van der Waals surface area contributed by atoms with Gasteiger partial charge < -0.3 is 5.32 Å². The Kier molecular flexibility index (Phi) is 6.24. The van der Waals surface area contributed by atoms with Crippen LogP contribution in [0.5, 0.6) is 0 Å². The fourth-order valence-electron chi connectivity index (χ4n) is 3.09. The normalized spacial score (nSPS) is 10.7. The molecule has 0 aromatic carbocycles. The molecule has 0 radical (unpaired) electrons. The molecule has 31 heavy (non-hydrogen) atoms. The molecule has 0 aliphatic rings. The van der Waals surface area contributed by atoms with Crippen LogP contribution in [0.2, 0.25) is 5.02 Å².